The summed E-state index contributed by atoms with van der Waals surface area (Å²) in [4.78, 5) is 2.46. The van der Waals surface area contributed by atoms with Crippen LogP contribution in [0.5, 0.6) is 0 Å². The van der Waals surface area contributed by atoms with Crippen LogP contribution in [0, 0.1) is 5.92 Å². The predicted molar refractivity (Wildman–Crippen MR) is 70.7 cm³/mol. The Hall–Kier alpha value is -1.22. The number of rotatable bonds is 2. The minimum absolute atomic E-state index is 0.346. The van der Waals surface area contributed by atoms with Crippen molar-refractivity contribution in [1.29, 1.82) is 0 Å². The molecule has 0 amide bonds. The van der Waals surface area contributed by atoms with E-state index in [0.29, 0.717) is 12.5 Å². The van der Waals surface area contributed by atoms with E-state index in [1.807, 2.05) is 0 Å². The molecule has 2 N–H and O–H groups in total. The fraction of sp³-hybridized carbons (Fsp3) is 0.571. The first kappa shape index (κ1) is 10.9. The average Bonchev–Trinajstić information content (AvgIpc) is 2.87. The molecule has 0 spiro atoms. The summed E-state index contributed by atoms with van der Waals surface area (Å²) in [6.07, 6.45) is 3.37. The number of anilines is 2. The molecule has 0 aromatic heterocycles. The maximum Gasteiger partial charge on any atom is 0.0611 e. The van der Waals surface area contributed by atoms with E-state index in [1.165, 1.54) is 16.9 Å². The Balaban J connectivity index is 1.79. The van der Waals surface area contributed by atoms with Crippen molar-refractivity contribution < 1.29 is 5.11 Å². The summed E-state index contributed by atoms with van der Waals surface area (Å²) in [5, 5.41) is 12.7. The van der Waals surface area contributed by atoms with Crippen molar-refractivity contribution in [2.75, 3.05) is 36.5 Å². The Labute approximate surface area is 102 Å². The molecule has 1 aromatic rings. The molecule has 3 nitrogen and oxygen atoms in total. The summed E-state index contributed by atoms with van der Waals surface area (Å²) < 4.78 is 0. The lowest BCUT2D eigenvalue weighted by Crippen LogP contribution is -2.35. The van der Waals surface area contributed by atoms with Gasteiger partial charge in [0, 0.05) is 26.2 Å². The molecule has 0 radical (unpaired) electrons. The summed E-state index contributed by atoms with van der Waals surface area (Å²) in [5.41, 5.74) is 4.15. The molecule has 17 heavy (non-hydrogen) atoms. The molecule has 1 saturated heterocycles. The third-order valence-corrected chi connectivity index (χ3v) is 4.04. The number of hydrogen-bond acceptors (Lipinski definition) is 3. The van der Waals surface area contributed by atoms with E-state index in [-0.39, 0.29) is 0 Å². The molecule has 0 saturated carbocycles. The fourth-order valence-electron chi connectivity index (χ4n) is 2.94. The van der Waals surface area contributed by atoms with Gasteiger partial charge in [-0.2, -0.15) is 0 Å². The van der Waals surface area contributed by atoms with Crippen LogP contribution in [-0.4, -0.2) is 31.3 Å². The first-order valence-electron chi connectivity index (χ1n) is 6.60. The van der Waals surface area contributed by atoms with Gasteiger partial charge in [0.05, 0.1) is 11.4 Å². The quantitative estimate of drug-likeness (QED) is 0.817. The van der Waals surface area contributed by atoms with Crippen molar-refractivity contribution in [2.24, 2.45) is 5.92 Å². The third-order valence-electron chi connectivity index (χ3n) is 4.04. The van der Waals surface area contributed by atoms with Gasteiger partial charge in [-0.1, -0.05) is 12.1 Å². The lowest BCUT2D eigenvalue weighted by Gasteiger charge is -2.34. The highest BCUT2D eigenvalue weighted by Crippen LogP contribution is 2.35. The molecule has 0 unspecified atom stereocenters. The normalized spacial score (nSPS) is 20.2. The molecule has 1 fully saturated rings. The van der Waals surface area contributed by atoms with Gasteiger partial charge in [0.2, 0.25) is 0 Å². The lowest BCUT2D eigenvalue weighted by atomic mass is 9.97. The van der Waals surface area contributed by atoms with E-state index in [0.717, 1.165) is 38.9 Å². The number of hydrogen-bond donors (Lipinski definition) is 2. The minimum atomic E-state index is 0.346. The van der Waals surface area contributed by atoms with Crippen molar-refractivity contribution >= 4 is 11.4 Å². The van der Waals surface area contributed by atoms with E-state index in [4.69, 9.17) is 0 Å². The second-order valence-corrected chi connectivity index (χ2v) is 5.10. The van der Waals surface area contributed by atoms with Crippen LogP contribution >= 0.6 is 0 Å². The van der Waals surface area contributed by atoms with Crippen LogP contribution in [-0.2, 0) is 6.42 Å². The highest BCUT2D eigenvalue weighted by atomic mass is 16.3. The number of piperidine rings is 1. The van der Waals surface area contributed by atoms with E-state index in [2.05, 4.69) is 28.4 Å². The smallest absolute Gasteiger partial charge is 0.0611 e. The molecule has 0 bridgehead atoms. The van der Waals surface area contributed by atoms with E-state index in [9.17, 15) is 5.11 Å². The van der Waals surface area contributed by atoms with Crippen molar-refractivity contribution in [3.05, 3.63) is 23.8 Å². The van der Waals surface area contributed by atoms with Gasteiger partial charge in [0.1, 0.15) is 0 Å². The van der Waals surface area contributed by atoms with Gasteiger partial charge in [0.15, 0.2) is 0 Å². The average molecular weight is 232 g/mol. The lowest BCUT2D eigenvalue weighted by molar-refractivity contribution is 0.203. The van der Waals surface area contributed by atoms with Crippen molar-refractivity contribution in [1.82, 2.24) is 0 Å². The van der Waals surface area contributed by atoms with Crippen molar-refractivity contribution in [2.45, 2.75) is 19.3 Å². The van der Waals surface area contributed by atoms with Crippen LogP contribution in [0.2, 0.25) is 0 Å². The minimum Gasteiger partial charge on any atom is -0.396 e. The molecule has 2 aliphatic rings. The number of aliphatic hydroxyl groups is 1. The molecule has 3 rings (SSSR count). The van der Waals surface area contributed by atoms with Gasteiger partial charge in [0.25, 0.3) is 0 Å². The van der Waals surface area contributed by atoms with E-state index >= 15 is 0 Å². The van der Waals surface area contributed by atoms with E-state index in [1.54, 1.807) is 0 Å². The Morgan fingerprint density at radius 1 is 1.29 bits per heavy atom. The largest absolute Gasteiger partial charge is 0.396 e. The zero-order valence-corrected chi connectivity index (χ0v) is 10.2. The van der Waals surface area contributed by atoms with E-state index < -0.39 is 0 Å². The van der Waals surface area contributed by atoms with Crippen LogP contribution in [0.15, 0.2) is 18.2 Å². The summed E-state index contributed by atoms with van der Waals surface area (Å²) in [6.45, 7) is 3.56. The van der Waals surface area contributed by atoms with Gasteiger partial charge in [-0.15, -0.1) is 0 Å². The van der Waals surface area contributed by atoms with Crippen LogP contribution in [0.3, 0.4) is 0 Å². The Morgan fingerprint density at radius 3 is 2.88 bits per heavy atom. The number of para-hydroxylation sites is 1. The van der Waals surface area contributed by atoms with Gasteiger partial charge in [-0.05, 0) is 36.8 Å². The topological polar surface area (TPSA) is 35.5 Å². The van der Waals surface area contributed by atoms with Gasteiger partial charge >= 0.3 is 0 Å². The van der Waals surface area contributed by atoms with Gasteiger partial charge in [-0.3, -0.25) is 0 Å². The van der Waals surface area contributed by atoms with Crippen LogP contribution in [0.25, 0.3) is 0 Å². The zero-order valence-electron chi connectivity index (χ0n) is 10.2. The Bertz CT molecular complexity index is 397. The Morgan fingerprint density at radius 2 is 2.12 bits per heavy atom. The molecule has 1 aromatic carbocycles. The van der Waals surface area contributed by atoms with Crippen LogP contribution in [0.4, 0.5) is 11.4 Å². The monoisotopic (exact) mass is 232 g/mol. The molecule has 0 aliphatic carbocycles. The molecular weight excluding hydrogens is 212 g/mol. The summed E-state index contributed by atoms with van der Waals surface area (Å²) in [7, 11) is 0. The first-order chi connectivity index (χ1) is 8.38. The second-order valence-electron chi connectivity index (χ2n) is 5.10. The number of benzene rings is 1. The zero-order chi connectivity index (χ0) is 11.7. The van der Waals surface area contributed by atoms with Gasteiger partial charge < -0.3 is 15.3 Å². The Kier molecular flexibility index (Phi) is 2.93. The summed E-state index contributed by atoms with van der Waals surface area (Å²) in [6, 6.07) is 6.61. The van der Waals surface area contributed by atoms with Crippen molar-refractivity contribution in [3.8, 4) is 0 Å². The fourth-order valence-corrected chi connectivity index (χ4v) is 2.94. The van der Waals surface area contributed by atoms with Crippen LogP contribution < -0.4 is 10.2 Å². The molecule has 2 heterocycles. The first-order valence-corrected chi connectivity index (χ1v) is 6.60. The number of aliphatic hydroxyl groups excluding tert-OH is 1. The highest BCUT2D eigenvalue weighted by molar-refractivity contribution is 5.75. The molecular formula is C14H20N2O. The maximum atomic E-state index is 9.17. The predicted octanol–water partition coefficient (Wildman–Crippen LogP) is 1.86. The number of nitrogens with zero attached hydrogens (tertiary/aromatic N) is 1. The van der Waals surface area contributed by atoms with Crippen LogP contribution in [0.1, 0.15) is 18.4 Å². The standard InChI is InChI=1S/C14H20N2O/c17-10-11-5-8-16(9-6-11)13-3-1-2-12-4-7-15-14(12)13/h1-3,11,15,17H,4-10H2. The molecule has 2 aliphatic heterocycles. The maximum absolute atomic E-state index is 9.17. The second kappa shape index (κ2) is 4.57. The van der Waals surface area contributed by atoms with Crippen molar-refractivity contribution in [3.63, 3.8) is 0 Å². The SMILES string of the molecule is OCC1CCN(c2cccc3c2NCC3)CC1. The summed E-state index contributed by atoms with van der Waals surface area (Å²) >= 11 is 0. The molecule has 92 valence electrons. The summed E-state index contributed by atoms with van der Waals surface area (Å²) in [5.74, 6) is 0.510. The highest BCUT2D eigenvalue weighted by Gasteiger charge is 2.22. The third kappa shape index (κ3) is 2.00. The van der Waals surface area contributed by atoms with Gasteiger partial charge in [-0.25, -0.2) is 0 Å². The number of fused-ring (bicyclic) bond motifs is 1. The molecule has 0 atom stereocenters. The molecule has 3 heteroatoms. The number of nitrogens with one attached hydrogen (secondary N) is 1.